The van der Waals surface area contributed by atoms with E-state index in [-0.39, 0.29) is 18.7 Å². The molecule has 0 spiro atoms. The number of aryl methyl sites for hydroxylation is 1. The van der Waals surface area contributed by atoms with Crippen molar-refractivity contribution in [3.8, 4) is 5.88 Å². The zero-order valence-electron chi connectivity index (χ0n) is 10.4. The number of esters is 1. The first-order valence-corrected chi connectivity index (χ1v) is 5.29. The number of carbonyl (C=O) groups is 1. The largest absolute Gasteiger partial charge is 0.574 e. The summed E-state index contributed by atoms with van der Waals surface area (Å²) in [5.41, 5.74) is 6.58. The minimum Gasteiger partial charge on any atom is -0.469 e. The Balaban J connectivity index is 3.14. The Hall–Kier alpha value is -1.83. The van der Waals surface area contributed by atoms with Gasteiger partial charge in [-0.05, 0) is 18.1 Å². The second kappa shape index (κ2) is 5.87. The van der Waals surface area contributed by atoms with Crippen LogP contribution < -0.4 is 10.5 Å². The first kappa shape index (κ1) is 15.2. The number of methoxy groups -OCH3 is 1. The third-order valence-electron chi connectivity index (χ3n) is 2.39. The van der Waals surface area contributed by atoms with Crippen molar-refractivity contribution < 1.29 is 27.4 Å². The van der Waals surface area contributed by atoms with E-state index in [0.29, 0.717) is 11.1 Å². The van der Waals surface area contributed by atoms with Crippen LogP contribution in [0.2, 0.25) is 0 Å². The molecule has 19 heavy (non-hydrogen) atoms. The summed E-state index contributed by atoms with van der Waals surface area (Å²) in [6.45, 7) is 1.55. The zero-order valence-corrected chi connectivity index (χ0v) is 10.4. The predicted molar refractivity (Wildman–Crippen MR) is 59.3 cm³/mol. The van der Waals surface area contributed by atoms with Crippen LogP contribution in [-0.4, -0.2) is 24.4 Å². The SMILES string of the molecule is COC(=O)Cc1cc(OC(F)(F)F)nc(C)c1CN. The summed E-state index contributed by atoms with van der Waals surface area (Å²) in [5.74, 6) is -1.21. The third-order valence-corrected chi connectivity index (χ3v) is 2.39. The Labute approximate surface area is 107 Å². The van der Waals surface area contributed by atoms with Crippen molar-refractivity contribution in [3.63, 3.8) is 0 Å². The molecule has 106 valence electrons. The fourth-order valence-corrected chi connectivity index (χ4v) is 1.57. The number of ether oxygens (including phenoxy) is 2. The maximum Gasteiger partial charge on any atom is 0.574 e. The average Bonchev–Trinajstić information content (AvgIpc) is 2.26. The van der Waals surface area contributed by atoms with E-state index < -0.39 is 18.2 Å². The molecule has 1 heterocycles. The molecule has 0 aliphatic rings. The van der Waals surface area contributed by atoms with Gasteiger partial charge < -0.3 is 15.2 Å². The summed E-state index contributed by atoms with van der Waals surface area (Å²) in [6, 6.07) is 1.04. The molecule has 1 rings (SSSR count). The first-order valence-electron chi connectivity index (χ1n) is 5.29. The Morgan fingerprint density at radius 3 is 2.58 bits per heavy atom. The van der Waals surface area contributed by atoms with Crippen molar-refractivity contribution in [2.45, 2.75) is 26.3 Å². The summed E-state index contributed by atoms with van der Waals surface area (Å²) in [6.07, 6.45) is -5.03. The van der Waals surface area contributed by atoms with Crippen molar-refractivity contribution in [3.05, 3.63) is 22.9 Å². The van der Waals surface area contributed by atoms with Gasteiger partial charge in [0.25, 0.3) is 0 Å². The first-order chi connectivity index (χ1) is 8.76. The number of pyridine rings is 1. The second-order valence-corrected chi connectivity index (χ2v) is 3.69. The van der Waals surface area contributed by atoms with E-state index in [4.69, 9.17) is 5.73 Å². The van der Waals surface area contributed by atoms with Crippen molar-refractivity contribution in [1.82, 2.24) is 4.98 Å². The van der Waals surface area contributed by atoms with Crippen LogP contribution in [-0.2, 0) is 22.5 Å². The highest BCUT2D eigenvalue weighted by molar-refractivity contribution is 5.73. The van der Waals surface area contributed by atoms with Crippen LogP contribution in [0, 0.1) is 6.92 Å². The molecule has 0 fully saturated rings. The maximum absolute atomic E-state index is 12.1. The summed E-state index contributed by atoms with van der Waals surface area (Å²) >= 11 is 0. The lowest BCUT2D eigenvalue weighted by Crippen LogP contribution is -2.19. The predicted octanol–water partition coefficient (Wildman–Crippen LogP) is 1.46. The highest BCUT2D eigenvalue weighted by Crippen LogP contribution is 2.25. The number of nitrogens with zero attached hydrogens (tertiary/aromatic N) is 1. The van der Waals surface area contributed by atoms with Crippen LogP contribution in [0.3, 0.4) is 0 Å². The third kappa shape index (κ3) is 4.40. The van der Waals surface area contributed by atoms with Crippen LogP contribution in [0.15, 0.2) is 6.07 Å². The van der Waals surface area contributed by atoms with Gasteiger partial charge in [0, 0.05) is 18.3 Å². The van der Waals surface area contributed by atoms with Gasteiger partial charge >= 0.3 is 12.3 Å². The molecule has 2 N–H and O–H groups in total. The van der Waals surface area contributed by atoms with Crippen LogP contribution in [0.1, 0.15) is 16.8 Å². The van der Waals surface area contributed by atoms with Crippen LogP contribution in [0.25, 0.3) is 0 Å². The minimum absolute atomic E-state index is 0.0530. The molecule has 0 unspecified atom stereocenters. The number of carbonyl (C=O) groups excluding carboxylic acids is 1. The van der Waals surface area contributed by atoms with Gasteiger partial charge in [0.15, 0.2) is 0 Å². The van der Waals surface area contributed by atoms with E-state index in [2.05, 4.69) is 14.5 Å². The van der Waals surface area contributed by atoms with E-state index in [9.17, 15) is 18.0 Å². The van der Waals surface area contributed by atoms with E-state index >= 15 is 0 Å². The number of alkyl halides is 3. The topological polar surface area (TPSA) is 74.4 Å². The Kier molecular flexibility index (Phi) is 4.71. The summed E-state index contributed by atoms with van der Waals surface area (Å²) in [7, 11) is 1.19. The van der Waals surface area contributed by atoms with Crippen LogP contribution >= 0.6 is 0 Å². The van der Waals surface area contributed by atoms with Crippen LogP contribution in [0.5, 0.6) is 5.88 Å². The molecule has 0 radical (unpaired) electrons. The standard InChI is InChI=1S/C11H13F3N2O3/c1-6-8(5-15)7(4-10(17)18-2)3-9(16-6)19-11(12,13)14/h3H,4-5,15H2,1-2H3. The number of halogens is 3. The molecule has 0 atom stereocenters. The number of hydrogen-bond donors (Lipinski definition) is 1. The van der Waals surface area contributed by atoms with E-state index in [0.717, 1.165) is 6.07 Å². The Morgan fingerprint density at radius 1 is 1.47 bits per heavy atom. The van der Waals surface area contributed by atoms with Crippen molar-refractivity contribution in [2.24, 2.45) is 5.73 Å². The fraction of sp³-hybridized carbons (Fsp3) is 0.455. The van der Waals surface area contributed by atoms with Crippen LogP contribution in [0.4, 0.5) is 13.2 Å². The molecular formula is C11H13F3N2O3. The van der Waals surface area contributed by atoms with Gasteiger partial charge in [-0.2, -0.15) is 0 Å². The van der Waals surface area contributed by atoms with Gasteiger partial charge in [-0.1, -0.05) is 0 Å². The molecule has 0 saturated heterocycles. The quantitative estimate of drug-likeness (QED) is 0.844. The molecule has 0 saturated carbocycles. The Morgan fingerprint density at radius 2 is 2.11 bits per heavy atom. The monoisotopic (exact) mass is 278 g/mol. The van der Waals surface area contributed by atoms with Crippen molar-refractivity contribution in [1.29, 1.82) is 0 Å². The fourth-order valence-electron chi connectivity index (χ4n) is 1.57. The maximum atomic E-state index is 12.1. The summed E-state index contributed by atoms with van der Waals surface area (Å²) in [4.78, 5) is 14.9. The van der Waals surface area contributed by atoms with Gasteiger partial charge in [0.2, 0.25) is 5.88 Å². The van der Waals surface area contributed by atoms with Gasteiger partial charge in [-0.25, -0.2) is 4.98 Å². The normalized spacial score (nSPS) is 11.3. The summed E-state index contributed by atoms with van der Waals surface area (Å²) in [5, 5.41) is 0. The molecule has 0 bridgehead atoms. The average molecular weight is 278 g/mol. The van der Waals surface area contributed by atoms with Gasteiger partial charge in [0.05, 0.1) is 13.5 Å². The molecular weight excluding hydrogens is 265 g/mol. The molecule has 0 aliphatic heterocycles. The molecule has 1 aromatic heterocycles. The van der Waals surface area contributed by atoms with Gasteiger partial charge in [0.1, 0.15) is 0 Å². The molecule has 0 amide bonds. The van der Waals surface area contributed by atoms with Crippen molar-refractivity contribution in [2.75, 3.05) is 7.11 Å². The molecule has 5 nitrogen and oxygen atoms in total. The molecule has 0 aliphatic carbocycles. The zero-order chi connectivity index (χ0) is 14.6. The number of nitrogens with two attached hydrogens (primary N) is 1. The molecule has 1 aromatic rings. The van der Waals surface area contributed by atoms with E-state index in [1.54, 1.807) is 0 Å². The highest BCUT2D eigenvalue weighted by Gasteiger charge is 2.32. The lowest BCUT2D eigenvalue weighted by molar-refractivity contribution is -0.276. The van der Waals surface area contributed by atoms with E-state index in [1.807, 2.05) is 0 Å². The Bertz CT molecular complexity index is 475. The minimum atomic E-state index is -4.84. The molecule has 8 heteroatoms. The van der Waals surface area contributed by atoms with Gasteiger partial charge in [-0.3, -0.25) is 4.79 Å². The molecule has 0 aromatic carbocycles. The van der Waals surface area contributed by atoms with Crippen molar-refractivity contribution >= 4 is 5.97 Å². The smallest absolute Gasteiger partial charge is 0.469 e. The van der Waals surface area contributed by atoms with Gasteiger partial charge in [-0.15, -0.1) is 13.2 Å². The summed E-state index contributed by atoms with van der Waals surface area (Å²) < 4.78 is 44.6. The highest BCUT2D eigenvalue weighted by atomic mass is 19.4. The lowest BCUT2D eigenvalue weighted by atomic mass is 10.0. The van der Waals surface area contributed by atoms with E-state index in [1.165, 1.54) is 14.0 Å². The lowest BCUT2D eigenvalue weighted by Gasteiger charge is -2.14. The number of rotatable bonds is 4. The number of hydrogen-bond acceptors (Lipinski definition) is 5. The second-order valence-electron chi connectivity index (χ2n) is 3.69. The number of aromatic nitrogens is 1.